The molecule has 0 N–H and O–H groups in total. The van der Waals surface area contributed by atoms with Crippen molar-refractivity contribution in [1.29, 1.82) is 0 Å². The summed E-state index contributed by atoms with van der Waals surface area (Å²) >= 11 is 13.8. The van der Waals surface area contributed by atoms with E-state index >= 15 is 0 Å². The van der Waals surface area contributed by atoms with E-state index in [9.17, 15) is 10.1 Å². The molecule has 1 heterocycles. The number of hydrogen-bond acceptors (Lipinski definition) is 4. The van der Waals surface area contributed by atoms with Gasteiger partial charge in [-0.2, -0.15) is 0 Å². The molecule has 150 valence electrons. The molecule has 0 spiro atoms. The summed E-state index contributed by atoms with van der Waals surface area (Å²) in [6.45, 7) is 0. The molecule has 3 aromatic rings. The third-order valence-electron chi connectivity index (χ3n) is 5.18. The van der Waals surface area contributed by atoms with Gasteiger partial charge in [0.15, 0.2) is 4.80 Å². The van der Waals surface area contributed by atoms with E-state index in [0.717, 1.165) is 34.6 Å². The van der Waals surface area contributed by atoms with Gasteiger partial charge in [-0.25, -0.2) is 4.99 Å². The Kier molecular flexibility index (Phi) is 6.04. The molecular weight excluding hydrogens is 429 g/mol. The van der Waals surface area contributed by atoms with Crippen molar-refractivity contribution >= 4 is 45.9 Å². The van der Waals surface area contributed by atoms with Gasteiger partial charge >= 0.3 is 0 Å². The number of hydrogen-bond donors (Lipinski definition) is 0. The highest BCUT2D eigenvalue weighted by molar-refractivity contribution is 7.07. The quantitative estimate of drug-likeness (QED) is 0.314. The second kappa shape index (κ2) is 8.69. The zero-order valence-corrected chi connectivity index (χ0v) is 17.9. The van der Waals surface area contributed by atoms with Gasteiger partial charge in [0.05, 0.1) is 26.3 Å². The van der Waals surface area contributed by atoms with Crippen LogP contribution in [0.1, 0.15) is 38.1 Å². The van der Waals surface area contributed by atoms with Crippen LogP contribution < -0.4 is 4.80 Å². The van der Waals surface area contributed by atoms with Gasteiger partial charge in [0.1, 0.15) is 0 Å². The maximum atomic E-state index is 11.0. The van der Waals surface area contributed by atoms with Crippen molar-refractivity contribution in [2.24, 2.45) is 4.99 Å². The monoisotopic (exact) mass is 447 g/mol. The van der Waals surface area contributed by atoms with Crippen LogP contribution in [-0.4, -0.2) is 9.49 Å². The predicted molar refractivity (Wildman–Crippen MR) is 118 cm³/mol. The molecule has 1 aliphatic carbocycles. The molecule has 0 amide bonds. The lowest BCUT2D eigenvalue weighted by atomic mass is 9.95. The highest BCUT2D eigenvalue weighted by Gasteiger charge is 2.20. The lowest BCUT2D eigenvalue weighted by Crippen LogP contribution is -2.23. The van der Waals surface area contributed by atoms with Gasteiger partial charge in [-0.3, -0.25) is 10.1 Å². The Morgan fingerprint density at radius 2 is 1.76 bits per heavy atom. The van der Waals surface area contributed by atoms with Gasteiger partial charge < -0.3 is 4.57 Å². The highest BCUT2D eigenvalue weighted by atomic mass is 35.5. The Morgan fingerprint density at radius 3 is 2.41 bits per heavy atom. The van der Waals surface area contributed by atoms with E-state index in [4.69, 9.17) is 28.2 Å². The predicted octanol–water partition coefficient (Wildman–Crippen LogP) is 7.17. The van der Waals surface area contributed by atoms with Gasteiger partial charge in [-0.05, 0) is 48.7 Å². The van der Waals surface area contributed by atoms with E-state index in [1.165, 1.54) is 19.3 Å². The number of halogens is 2. The first-order valence-electron chi connectivity index (χ1n) is 9.47. The fourth-order valence-electron chi connectivity index (χ4n) is 3.72. The van der Waals surface area contributed by atoms with E-state index < -0.39 is 0 Å². The van der Waals surface area contributed by atoms with Gasteiger partial charge in [-0.15, -0.1) is 11.3 Å². The molecule has 5 nitrogen and oxygen atoms in total. The number of non-ortho nitro benzene ring substituents is 1. The van der Waals surface area contributed by atoms with Crippen LogP contribution in [0.4, 0.5) is 11.4 Å². The Balaban J connectivity index is 1.82. The fourth-order valence-corrected chi connectivity index (χ4v) is 5.00. The normalized spacial score (nSPS) is 15.6. The first-order chi connectivity index (χ1) is 14.0. The van der Waals surface area contributed by atoms with E-state index in [0.29, 0.717) is 16.1 Å². The van der Waals surface area contributed by atoms with E-state index in [2.05, 4.69) is 9.95 Å². The van der Waals surface area contributed by atoms with Crippen molar-refractivity contribution in [3.05, 3.63) is 72.8 Å². The number of rotatable bonds is 4. The second-order valence-electron chi connectivity index (χ2n) is 7.08. The van der Waals surface area contributed by atoms with Gasteiger partial charge in [0.2, 0.25) is 0 Å². The summed E-state index contributed by atoms with van der Waals surface area (Å²) in [7, 11) is 0. The molecule has 8 heteroatoms. The van der Waals surface area contributed by atoms with Gasteiger partial charge in [0.25, 0.3) is 5.69 Å². The molecule has 1 saturated carbocycles. The van der Waals surface area contributed by atoms with Crippen molar-refractivity contribution in [3.8, 4) is 11.3 Å². The third kappa shape index (κ3) is 4.39. The molecular formula is C21H19Cl2N3O2S. The van der Waals surface area contributed by atoms with E-state index in [1.807, 2.05) is 18.2 Å². The van der Waals surface area contributed by atoms with Crippen LogP contribution in [-0.2, 0) is 0 Å². The number of nitro benzene ring substituents is 1. The minimum atomic E-state index is -0.377. The van der Waals surface area contributed by atoms with Crippen molar-refractivity contribution in [2.75, 3.05) is 0 Å². The SMILES string of the molecule is O=[N+]([O-])c1ccc(-c2csc(=Nc3ccc(Cl)c(Cl)c3)n2C2CCCCC2)cc1. The van der Waals surface area contributed by atoms with Crippen molar-refractivity contribution < 1.29 is 4.92 Å². The minimum absolute atomic E-state index is 0.0916. The summed E-state index contributed by atoms with van der Waals surface area (Å²) in [5.41, 5.74) is 2.83. The molecule has 1 aromatic heterocycles. The molecule has 0 radical (unpaired) electrons. The zero-order chi connectivity index (χ0) is 20.4. The molecule has 0 saturated heterocycles. The topological polar surface area (TPSA) is 60.4 Å². The summed E-state index contributed by atoms with van der Waals surface area (Å²) in [6, 6.07) is 12.4. The van der Waals surface area contributed by atoms with Crippen LogP contribution in [0.15, 0.2) is 52.8 Å². The summed E-state index contributed by atoms with van der Waals surface area (Å²) in [5, 5.41) is 14.0. The Labute approximate surface area is 182 Å². The molecule has 0 bridgehead atoms. The van der Waals surface area contributed by atoms with Crippen molar-refractivity contribution in [2.45, 2.75) is 38.1 Å². The second-order valence-corrected chi connectivity index (χ2v) is 8.73. The lowest BCUT2D eigenvalue weighted by molar-refractivity contribution is -0.384. The standard InChI is InChI=1S/C21H19Cl2N3O2S/c22-18-11-8-15(12-19(18)23)24-21-25(16-4-2-1-3-5-16)20(13-29-21)14-6-9-17(10-7-14)26(27)28/h6-13,16H,1-5H2. The Morgan fingerprint density at radius 1 is 1.03 bits per heavy atom. The number of nitro groups is 1. The van der Waals surface area contributed by atoms with Crippen LogP contribution in [0.25, 0.3) is 11.3 Å². The number of thiazole rings is 1. The summed E-state index contributed by atoms with van der Waals surface area (Å²) in [6.07, 6.45) is 5.85. The molecule has 2 aromatic carbocycles. The van der Waals surface area contributed by atoms with E-state index in [-0.39, 0.29) is 10.6 Å². The molecule has 29 heavy (non-hydrogen) atoms. The number of nitrogens with zero attached hydrogens (tertiary/aromatic N) is 3. The molecule has 0 atom stereocenters. The van der Waals surface area contributed by atoms with Crippen LogP contribution in [0.5, 0.6) is 0 Å². The fraction of sp³-hybridized carbons (Fsp3) is 0.286. The van der Waals surface area contributed by atoms with Crippen LogP contribution in [0.3, 0.4) is 0 Å². The zero-order valence-electron chi connectivity index (χ0n) is 15.6. The Bertz CT molecular complexity index is 1100. The molecule has 1 fully saturated rings. The van der Waals surface area contributed by atoms with Gasteiger partial charge in [0, 0.05) is 23.6 Å². The van der Waals surface area contributed by atoms with Crippen LogP contribution in [0.2, 0.25) is 10.0 Å². The summed E-state index contributed by atoms with van der Waals surface area (Å²) < 4.78 is 2.29. The van der Waals surface area contributed by atoms with Crippen molar-refractivity contribution in [1.82, 2.24) is 4.57 Å². The van der Waals surface area contributed by atoms with Crippen LogP contribution >= 0.6 is 34.5 Å². The minimum Gasteiger partial charge on any atom is -0.313 e. The first-order valence-corrected chi connectivity index (χ1v) is 11.1. The smallest absolute Gasteiger partial charge is 0.269 e. The number of aromatic nitrogens is 1. The maximum Gasteiger partial charge on any atom is 0.269 e. The van der Waals surface area contributed by atoms with Crippen LogP contribution in [0, 0.1) is 10.1 Å². The largest absolute Gasteiger partial charge is 0.313 e. The Hall–Kier alpha value is -2.15. The van der Waals surface area contributed by atoms with Gasteiger partial charge in [-0.1, -0.05) is 42.5 Å². The average Bonchev–Trinajstić information content (AvgIpc) is 3.15. The molecule has 0 aliphatic heterocycles. The lowest BCUT2D eigenvalue weighted by Gasteiger charge is -2.25. The average molecular weight is 448 g/mol. The summed E-state index contributed by atoms with van der Waals surface area (Å²) in [4.78, 5) is 16.3. The maximum absolute atomic E-state index is 11.0. The summed E-state index contributed by atoms with van der Waals surface area (Å²) in [5.74, 6) is 0. The third-order valence-corrected chi connectivity index (χ3v) is 6.76. The molecule has 4 rings (SSSR count). The van der Waals surface area contributed by atoms with E-state index in [1.54, 1.807) is 35.6 Å². The van der Waals surface area contributed by atoms with Crippen molar-refractivity contribution in [3.63, 3.8) is 0 Å². The molecule has 0 unspecified atom stereocenters. The number of benzene rings is 2. The molecule has 1 aliphatic rings. The first kappa shape index (κ1) is 20.1. The highest BCUT2D eigenvalue weighted by Crippen LogP contribution is 2.33.